The zero-order valence-electron chi connectivity index (χ0n) is 13.2. The second-order valence-corrected chi connectivity index (χ2v) is 9.65. The molecule has 1 saturated heterocycles. The van der Waals surface area contributed by atoms with Gasteiger partial charge in [-0.25, -0.2) is 0 Å². The van der Waals surface area contributed by atoms with Crippen molar-refractivity contribution in [2.45, 2.75) is 57.5 Å². The molecule has 1 aliphatic carbocycles. The molecule has 3 rings (SSSR count). The molecule has 2 aliphatic rings. The fourth-order valence-electron chi connectivity index (χ4n) is 4.04. The molecule has 1 aromatic heterocycles. The Labute approximate surface area is 141 Å². The van der Waals surface area contributed by atoms with Gasteiger partial charge in [0.05, 0.1) is 3.79 Å². The van der Waals surface area contributed by atoms with Crippen LogP contribution in [0.4, 0.5) is 0 Å². The molecule has 0 radical (unpaired) electrons. The standard InChI is InChI=1S/C17H27BrN2S/c1-13(2)15-11-19-17(8-3-4-9-17)12-20(15)10-7-14-5-6-16(18)21-14/h5-6,13,15,19H,3-4,7-12H2,1-2H3. The topological polar surface area (TPSA) is 15.3 Å². The second-order valence-electron chi connectivity index (χ2n) is 7.11. The van der Waals surface area contributed by atoms with E-state index in [1.165, 1.54) is 60.4 Å². The first kappa shape index (κ1) is 16.0. The van der Waals surface area contributed by atoms with Crippen molar-refractivity contribution >= 4 is 27.3 Å². The molecule has 0 bridgehead atoms. The van der Waals surface area contributed by atoms with Crippen LogP contribution in [0.25, 0.3) is 0 Å². The van der Waals surface area contributed by atoms with Gasteiger partial charge in [-0.1, -0.05) is 26.7 Å². The molecule has 2 fully saturated rings. The van der Waals surface area contributed by atoms with E-state index in [2.05, 4.69) is 52.1 Å². The monoisotopic (exact) mass is 370 g/mol. The largest absolute Gasteiger partial charge is 0.308 e. The molecule has 118 valence electrons. The highest BCUT2D eigenvalue weighted by Gasteiger charge is 2.41. The summed E-state index contributed by atoms with van der Waals surface area (Å²) in [6.07, 6.45) is 6.75. The Morgan fingerprint density at radius 3 is 2.76 bits per heavy atom. The van der Waals surface area contributed by atoms with Crippen molar-refractivity contribution < 1.29 is 0 Å². The Balaban J connectivity index is 1.65. The van der Waals surface area contributed by atoms with Crippen molar-refractivity contribution in [2.24, 2.45) is 5.92 Å². The van der Waals surface area contributed by atoms with Crippen LogP contribution in [0, 0.1) is 5.92 Å². The van der Waals surface area contributed by atoms with E-state index >= 15 is 0 Å². The molecule has 1 saturated carbocycles. The molecule has 0 aromatic carbocycles. The number of rotatable bonds is 4. The maximum atomic E-state index is 3.91. The van der Waals surface area contributed by atoms with Gasteiger partial charge in [-0.2, -0.15) is 0 Å². The summed E-state index contributed by atoms with van der Waals surface area (Å²) in [5, 5.41) is 3.91. The van der Waals surface area contributed by atoms with Gasteiger partial charge in [-0.15, -0.1) is 11.3 Å². The predicted molar refractivity (Wildman–Crippen MR) is 95.1 cm³/mol. The lowest BCUT2D eigenvalue weighted by Gasteiger charge is -2.48. The minimum atomic E-state index is 0.432. The summed E-state index contributed by atoms with van der Waals surface area (Å²) in [5.74, 6) is 0.728. The van der Waals surface area contributed by atoms with Crippen LogP contribution in [0.3, 0.4) is 0 Å². The third-order valence-electron chi connectivity index (χ3n) is 5.27. The van der Waals surface area contributed by atoms with Gasteiger partial charge in [0.2, 0.25) is 0 Å². The highest BCUT2D eigenvalue weighted by molar-refractivity contribution is 9.11. The molecular formula is C17H27BrN2S. The van der Waals surface area contributed by atoms with E-state index in [1.54, 1.807) is 0 Å². The van der Waals surface area contributed by atoms with Gasteiger partial charge in [0.1, 0.15) is 0 Å². The SMILES string of the molecule is CC(C)C1CNC2(CCCC2)CN1CCc1ccc(Br)s1. The van der Waals surface area contributed by atoms with E-state index in [-0.39, 0.29) is 0 Å². The highest BCUT2D eigenvalue weighted by atomic mass is 79.9. The number of thiophene rings is 1. The number of hydrogen-bond donors (Lipinski definition) is 1. The van der Waals surface area contributed by atoms with Crippen LogP contribution in [0.2, 0.25) is 0 Å². The van der Waals surface area contributed by atoms with Crippen molar-refractivity contribution in [1.82, 2.24) is 10.2 Å². The van der Waals surface area contributed by atoms with Crippen molar-refractivity contribution in [1.29, 1.82) is 0 Å². The maximum Gasteiger partial charge on any atom is 0.0701 e. The lowest BCUT2D eigenvalue weighted by Crippen LogP contribution is -2.64. The first-order chi connectivity index (χ1) is 10.1. The van der Waals surface area contributed by atoms with Crippen LogP contribution < -0.4 is 5.32 Å². The van der Waals surface area contributed by atoms with Gasteiger partial charge in [-0.3, -0.25) is 4.90 Å². The summed E-state index contributed by atoms with van der Waals surface area (Å²) in [6, 6.07) is 5.14. The molecule has 1 unspecified atom stereocenters. The lowest BCUT2D eigenvalue weighted by atomic mass is 9.89. The number of nitrogens with one attached hydrogen (secondary N) is 1. The summed E-state index contributed by atoms with van der Waals surface area (Å²) >= 11 is 5.46. The summed E-state index contributed by atoms with van der Waals surface area (Å²) in [4.78, 5) is 4.28. The molecule has 2 heterocycles. The van der Waals surface area contributed by atoms with E-state index in [0.717, 1.165) is 5.92 Å². The zero-order chi connectivity index (χ0) is 14.9. The van der Waals surface area contributed by atoms with Crippen molar-refractivity contribution in [3.05, 3.63) is 20.8 Å². The Morgan fingerprint density at radius 2 is 2.14 bits per heavy atom. The minimum Gasteiger partial charge on any atom is -0.308 e. The predicted octanol–water partition coefficient (Wildman–Crippen LogP) is 4.30. The fraction of sp³-hybridized carbons (Fsp3) is 0.765. The van der Waals surface area contributed by atoms with Crippen LogP contribution >= 0.6 is 27.3 Å². The van der Waals surface area contributed by atoms with Crippen molar-refractivity contribution in [3.8, 4) is 0 Å². The van der Waals surface area contributed by atoms with Crippen molar-refractivity contribution in [3.63, 3.8) is 0 Å². The lowest BCUT2D eigenvalue weighted by molar-refractivity contribution is 0.0582. The smallest absolute Gasteiger partial charge is 0.0701 e. The molecule has 1 spiro atoms. The van der Waals surface area contributed by atoms with E-state index < -0.39 is 0 Å². The first-order valence-electron chi connectivity index (χ1n) is 8.31. The zero-order valence-corrected chi connectivity index (χ0v) is 15.6. The van der Waals surface area contributed by atoms with Gasteiger partial charge in [0.25, 0.3) is 0 Å². The Morgan fingerprint density at radius 1 is 1.38 bits per heavy atom. The van der Waals surface area contributed by atoms with Gasteiger partial charge in [0.15, 0.2) is 0 Å². The Kier molecular flexibility index (Phi) is 5.09. The highest BCUT2D eigenvalue weighted by Crippen LogP contribution is 2.34. The molecule has 4 heteroatoms. The van der Waals surface area contributed by atoms with E-state index in [0.29, 0.717) is 11.6 Å². The minimum absolute atomic E-state index is 0.432. The molecule has 1 N–H and O–H groups in total. The second kappa shape index (κ2) is 6.69. The third kappa shape index (κ3) is 3.72. The van der Waals surface area contributed by atoms with Crippen LogP contribution in [0.5, 0.6) is 0 Å². The normalized spacial score (nSPS) is 26.0. The Hall–Kier alpha value is 0.1000. The van der Waals surface area contributed by atoms with Gasteiger partial charge in [0, 0.05) is 36.1 Å². The Bertz CT molecular complexity index is 465. The van der Waals surface area contributed by atoms with Crippen LogP contribution in [0.15, 0.2) is 15.9 Å². The first-order valence-corrected chi connectivity index (χ1v) is 9.92. The quantitative estimate of drug-likeness (QED) is 0.849. The summed E-state index contributed by atoms with van der Waals surface area (Å²) < 4.78 is 1.26. The number of hydrogen-bond acceptors (Lipinski definition) is 3. The average molecular weight is 371 g/mol. The molecule has 2 nitrogen and oxygen atoms in total. The summed E-state index contributed by atoms with van der Waals surface area (Å²) in [6.45, 7) is 8.37. The number of halogens is 1. The van der Waals surface area contributed by atoms with Crippen molar-refractivity contribution in [2.75, 3.05) is 19.6 Å². The van der Waals surface area contributed by atoms with Gasteiger partial charge < -0.3 is 5.32 Å². The molecule has 1 atom stereocenters. The van der Waals surface area contributed by atoms with Gasteiger partial charge >= 0.3 is 0 Å². The average Bonchev–Trinajstić information content (AvgIpc) is 3.06. The molecule has 1 aliphatic heterocycles. The van der Waals surface area contributed by atoms with E-state index in [1.807, 2.05) is 11.3 Å². The summed E-state index contributed by atoms with van der Waals surface area (Å²) in [7, 11) is 0. The molecule has 21 heavy (non-hydrogen) atoms. The van der Waals surface area contributed by atoms with Crippen LogP contribution in [-0.2, 0) is 6.42 Å². The fourth-order valence-corrected chi connectivity index (χ4v) is 5.51. The summed E-state index contributed by atoms with van der Waals surface area (Å²) in [5.41, 5.74) is 0.432. The number of nitrogens with zero attached hydrogens (tertiary/aromatic N) is 1. The molecule has 0 amide bonds. The van der Waals surface area contributed by atoms with E-state index in [9.17, 15) is 0 Å². The number of piperazine rings is 1. The maximum absolute atomic E-state index is 3.91. The third-order valence-corrected chi connectivity index (χ3v) is 6.95. The van der Waals surface area contributed by atoms with E-state index in [4.69, 9.17) is 0 Å². The van der Waals surface area contributed by atoms with Crippen LogP contribution in [-0.4, -0.2) is 36.1 Å². The molecular weight excluding hydrogens is 344 g/mol. The van der Waals surface area contributed by atoms with Gasteiger partial charge in [-0.05, 0) is 53.2 Å². The van der Waals surface area contributed by atoms with Crippen LogP contribution in [0.1, 0.15) is 44.4 Å². The molecule has 1 aromatic rings.